The zero-order valence-electron chi connectivity index (χ0n) is 10.7. The highest BCUT2D eigenvalue weighted by Crippen LogP contribution is 2.34. The topological polar surface area (TPSA) is 25.2 Å². The van der Waals surface area contributed by atoms with E-state index in [-0.39, 0.29) is 0 Å². The van der Waals surface area contributed by atoms with Gasteiger partial charge in [-0.3, -0.25) is 0 Å². The summed E-state index contributed by atoms with van der Waals surface area (Å²) in [6.45, 7) is 2.32. The molecule has 0 bridgehead atoms. The van der Waals surface area contributed by atoms with Gasteiger partial charge in [0.1, 0.15) is 5.76 Å². The summed E-state index contributed by atoms with van der Waals surface area (Å²) in [6, 6.07) is 3.46. The molecule has 1 aromatic rings. The zero-order valence-corrected chi connectivity index (χ0v) is 10.7. The number of fused-ring (bicyclic) bond motifs is 1. The van der Waals surface area contributed by atoms with Crippen LogP contribution in [0.1, 0.15) is 62.8 Å². The minimum atomic E-state index is 0.554. The molecule has 3 atom stereocenters. The first-order valence-corrected chi connectivity index (χ1v) is 7.19. The minimum Gasteiger partial charge on any atom is -0.469 e. The molecule has 1 N–H and O–H groups in total. The summed E-state index contributed by atoms with van der Waals surface area (Å²) in [5.74, 6) is 2.18. The third kappa shape index (κ3) is 2.28. The summed E-state index contributed by atoms with van der Waals surface area (Å²) < 4.78 is 5.55. The largest absolute Gasteiger partial charge is 0.469 e. The van der Waals surface area contributed by atoms with Crippen LogP contribution in [0.3, 0.4) is 0 Å². The van der Waals surface area contributed by atoms with Crippen molar-refractivity contribution in [2.24, 2.45) is 5.92 Å². The molecule has 1 heterocycles. The van der Waals surface area contributed by atoms with E-state index in [1.54, 1.807) is 0 Å². The van der Waals surface area contributed by atoms with Gasteiger partial charge < -0.3 is 9.73 Å². The molecule has 0 amide bonds. The highest BCUT2D eigenvalue weighted by Gasteiger charge is 2.28. The minimum absolute atomic E-state index is 0.554. The van der Waals surface area contributed by atoms with E-state index in [2.05, 4.69) is 18.3 Å². The first-order valence-electron chi connectivity index (χ1n) is 7.19. The van der Waals surface area contributed by atoms with Crippen LogP contribution < -0.4 is 5.32 Å². The molecule has 3 unspecified atom stereocenters. The average Bonchev–Trinajstić information content (AvgIpc) is 2.97. The van der Waals surface area contributed by atoms with Crippen molar-refractivity contribution in [2.75, 3.05) is 0 Å². The molecule has 17 heavy (non-hydrogen) atoms. The third-order valence-corrected chi connectivity index (χ3v) is 4.61. The predicted molar refractivity (Wildman–Crippen MR) is 68.9 cm³/mol. The molecule has 2 heteroatoms. The van der Waals surface area contributed by atoms with Crippen molar-refractivity contribution in [3.63, 3.8) is 0 Å². The van der Waals surface area contributed by atoms with Crippen molar-refractivity contribution in [3.8, 4) is 0 Å². The van der Waals surface area contributed by atoms with Gasteiger partial charge in [0.25, 0.3) is 0 Å². The van der Waals surface area contributed by atoms with Gasteiger partial charge in [-0.1, -0.05) is 13.3 Å². The molecule has 0 aliphatic heterocycles. The second kappa shape index (κ2) is 4.85. The third-order valence-electron chi connectivity index (χ3n) is 4.61. The monoisotopic (exact) mass is 233 g/mol. The lowest BCUT2D eigenvalue weighted by molar-refractivity contribution is 0.367. The molecule has 94 valence electrons. The summed E-state index contributed by atoms with van der Waals surface area (Å²) >= 11 is 0. The smallest absolute Gasteiger partial charge is 0.108 e. The van der Waals surface area contributed by atoms with E-state index >= 15 is 0 Å². The van der Waals surface area contributed by atoms with Gasteiger partial charge in [-0.15, -0.1) is 0 Å². The Morgan fingerprint density at radius 3 is 3.12 bits per heavy atom. The Kier molecular flexibility index (Phi) is 3.24. The van der Waals surface area contributed by atoms with Crippen molar-refractivity contribution in [3.05, 3.63) is 23.7 Å². The number of nitrogens with one attached hydrogen (secondary N) is 1. The second-order valence-electron chi connectivity index (χ2n) is 5.69. The highest BCUT2D eigenvalue weighted by molar-refractivity contribution is 5.24. The van der Waals surface area contributed by atoms with Crippen LogP contribution in [0.5, 0.6) is 0 Å². The van der Waals surface area contributed by atoms with Crippen LogP contribution in [0.15, 0.2) is 16.7 Å². The van der Waals surface area contributed by atoms with Crippen LogP contribution in [0.2, 0.25) is 0 Å². The normalized spacial score (nSPS) is 32.6. The predicted octanol–water partition coefficient (Wildman–Crippen LogP) is 3.83. The van der Waals surface area contributed by atoms with Crippen molar-refractivity contribution in [1.29, 1.82) is 0 Å². The van der Waals surface area contributed by atoms with Crippen molar-refractivity contribution < 1.29 is 4.42 Å². The molecule has 2 aliphatic rings. The lowest BCUT2D eigenvalue weighted by Crippen LogP contribution is -2.32. The highest BCUT2D eigenvalue weighted by atomic mass is 16.3. The van der Waals surface area contributed by atoms with Gasteiger partial charge in [0.15, 0.2) is 0 Å². The number of furan rings is 1. The Morgan fingerprint density at radius 2 is 2.29 bits per heavy atom. The molecule has 1 fully saturated rings. The molecular formula is C15H23NO. The standard InChI is InChI=1S/C15H23NO/c1-2-11-6-7-12(10-11)16-14-4-3-5-15-13(14)8-9-17-15/h8-9,11-12,14,16H,2-7,10H2,1H3. The quantitative estimate of drug-likeness (QED) is 0.858. The van der Waals surface area contributed by atoms with Crippen LogP contribution in [0.4, 0.5) is 0 Å². The Bertz CT molecular complexity index is 371. The molecule has 0 saturated heterocycles. The van der Waals surface area contributed by atoms with Crippen LogP contribution in [0, 0.1) is 5.92 Å². The SMILES string of the molecule is CCC1CCC(NC2CCCc3occc32)C1. The Labute approximate surface area is 104 Å². The maximum Gasteiger partial charge on any atom is 0.108 e. The van der Waals surface area contributed by atoms with E-state index < -0.39 is 0 Å². The van der Waals surface area contributed by atoms with Crippen LogP contribution in [-0.4, -0.2) is 6.04 Å². The molecule has 1 aromatic heterocycles. The molecule has 1 saturated carbocycles. The molecular weight excluding hydrogens is 210 g/mol. The molecule has 0 spiro atoms. The van der Waals surface area contributed by atoms with Crippen molar-refractivity contribution >= 4 is 0 Å². The maximum absolute atomic E-state index is 5.55. The Morgan fingerprint density at radius 1 is 1.35 bits per heavy atom. The number of hydrogen-bond acceptors (Lipinski definition) is 2. The average molecular weight is 233 g/mol. The van der Waals surface area contributed by atoms with E-state index in [1.165, 1.54) is 49.8 Å². The number of hydrogen-bond donors (Lipinski definition) is 1. The molecule has 2 aliphatic carbocycles. The van der Waals surface area contributed by atoms with E-state index in [1.807, 2.05) is 6.26 Å². The van der Waals surface area contributed by atoms with Gasteiger partial charge in [0.05, 0.1) is 6.26 Å². The van der Waals surface area contributed by atoms with Crippen molar-refractivity contribution in [1.82, 2.24) is 5.32 Å². The molecule has 3 rings (SSSR count). The van der Waals surface area contributed by atoms with Gasteiger partial charge in [-0.25, -0.2) is 0 Å². The van der Waals surface area contributed by atoms with E-state index in [0.717, 1.165) is 18.4 Å². The number of aryl methyl sites for hydroxylation is 1. The summed E-state index contributed by atoms with van der Waals surface area (Å²) in [6.07, 6.45) is 11.0. The Balaban J connectivity index is 1.64. The second-order valence-corrected chi connectivity index (χ2v) is 5.69. The summed E-state index contributed by atoms with van der Waals surface area (Å²) in [4.78, 5) is 0. The Hall–Kier alpha value is -0.760. The van der Waals surface area contributed by atoms with Crippen LogP contribution >= 0.6 is 0 Å². The first kappa shape index (κ1) is 11.3. The summed E-state index contributed by atoms with van der Waals surface area (Å²) in [5.41, 5.74) is 1.43. The lowest BCUT2D eigenvalue weighted by Gasteiger charge is -2.26. The lowest BCUT2D eigenvalue weighted by atomic mass is 9.92. The van der Waals surface area contributed by atoms with E-state index in [9.17, 15) is 0 Å². The maximum atomic E-state index is 5.55. The van der Waals surface area contributed by atoms with Gasteiger partial charge in [0, 0.05) is 24.1 Å². The summed E-state index contributed by atoms with van der Waals surface area (Å²) in [5, 5.41) is 3.86. The van der Waals surface area contributed by atoms with Crippen molar-refractivity contribution in [2.45, 2.75) is 64.0 Å². The van der Waals surface area contributed by atoms with Gasteiger partial charge in [-0.05, 0) is 44.1 Å². The summed E-state index contributed by atoms with van der Waals surface area (Å²) in [7, 11) is 0. The van der Waals surface area contributed by atoms with Gasteiger partial charge in [0.2, 0.25) is 0 Å². The first-order chi connectivity index (χ1) is 8.36. The fourth-order valence-corrected chi connectivity index (χ4v) is 3.54. The van der Waals surface area contributed by atoms with Gasteiger partial charge in [-0.2, -0.15) is 0 Å². The molecule has 2 nitrogen and oxygen atoms in total. The fourth-order valence-electron chi connectivity index (χ4n) is 3.54. The molecule has 0 aromatic carbocycles. The van der Waals surface area contributed by atoms with Gasteiger partial charge >= 0.3 is 0 Å². The number of rotatable bonds is 3. The van der Waals surface area contributed by atoms with E-state index in [4.69, 9.17) is 4.42 Å². The zero-order chi connectivity index (χ0) is 11.7. The fraction of sp³-hybridized carbons (Fsp3) is 0.733. The molecule has 0 radical (unpaired) electrons. The van der Waals surface area contributed by atoms with Crippen LogP contribution in [-0.2, 0) is 6.42 Å². The van der Waals surface area contributed by atoms with E-state index in [0.29, 0.717) is 6.04 Å². The van der Waals surface area contributed by atoms with Crippen LogP contribution in [0.25, 0.3) is 0 Å².